The van der Waals surface area contributed by atoms with Crippen LogP contribution in [0.2, 0.25) is 0 Å². The predicted molar refractivity (Wildman–Crippen MR) is 189 cm³/mol. The maximum atomic E-state index is 13.9. The molecule has 4 aromatic rings. The summed E-state index contributed by atoms with van der Waals surface area (Å²) in [4.78, 5) is 47.5. The molecular weight excluding hydrogens is 641 g/mol. The molecule has 2 amide bonds. The number of anilines is 2. The van der Waals surface area contributed by atoms with Gasteiger partial charge in [0, 0.05) is 45.0 Å². The van der Waals surface area contributed by atoms with Crippen LogP contribution in [0.1, 0.15) is 49.4 Å². The molecule has 3 aromatic heterocycles. The van der Waals surface area contributed by atoms with Crippen molar-refractivity contribution in [3.8, 4) is 16.5 Å². The van der Waals surface area contributed by atoms with E-state index in [1.54, 1.807) is 45.6 Å². The van der Waals surface area contributed by atoms with E-state index in [0.29, 0.717) is 74.2 Å². The second kappa shape index (κ2) is 13.2. The highest BCUT2D eigenvalue weighted by Gasteiger charge is 2.51. The summed E-state index contributed by atoms with van der Waals surface area (Å²) in [5.74, 6) is 1.96. The molecule has 0 unspecified atom stereocenters. The topological polar surface area (TPSA) is 159 Å². The summed E-state index contributed by atoms with van der Waals surface area (Å²) in [7, 11) is 1.84. The molecule has 7 rings (SSSR count). The number of amides is 2. The summed E-state index contributed by atoms with van der Waals surface area (Å²) in [6, 6.07) is 10.7. The number of benzene rings is 1. The summed E-state index contributed by atoms with van der Waals surface area (Å²) in [5, 5.41) is 14.1. The van der Waals surface area contributed by atoms with E-state index >= 15 is 0 Å². The highest BCUT2D eigenvalue weighted by Crippen LogP contribution is 2.42. The Balaban J connectivity index is 0.958. The first-order valence-corrected chi connectivity index (χ1v) is 17.4. The van der Waals surface area contributed by atoms with Gasteiger partial charge in [0.15, 0.2) is 5.82 Å². The summed E-state index contributed by atoms with van der Waals surface area (Å²) in [6.45, 7) is 7.12. The van der Waals surface area contributed by atoms with Crippen molar-refractivity contribution in [2.24, 2.45) is 12.5 Å². The van der Waals surface area contributed by atoms with Crippen molar-refractivity contribution in [1.29, 1.82) is 5.41 Å². The minimum atomic E-state index is -0.552. The highest BCUT2D eigenvalue weighted by molar-refractivity contribution is 7.16. The number of nitrogens with one attached hydrogen (secondary N) is 1. The minimum absolute atomic E-state index is 0.0154. The van der Waals surface area contributed by atoms with Crippen LogP contribution in [-0.4, -0.2) is 97.4 Å². The van der Waals surface area contributed by atoms with Gasteiger partial charge in [-0.1, -0.05) is 6.08 Å². The Labute approximate surface area is 288 Å². The van der Waals surface area contributed by atoms with Crippen molar-refractivity contribution in [3.63, 3.8) is 0 Å². The zero-order valence-corrected chi connectivity index (χ0v) is 28.7. The molecule has 1 spiro atoms. The summed E-state index contributed by atoms with van der Waals surface area (Å²) in [6.07, 6.45) is 7.73. The van der Waals surface area contributed by atoms with Gasteiger partial charge in [0.05, 0.1) is 34.3 Å². The first kappa shape index (κ1) is 32.6. The van der Waals surface area contributed by atoms with E-state index in [9.17, 15) is 9.59 Å². The molecule has 13 nitrogen and oxygen atoms in total. The molecule has 1 atom stereocenters. The summed E-state index contributed by atoms with van der Waals surface area (Å²) in [5.41, 5.74) is 8.41. The molecule has 49 heavy (non-hydrogen) atoms. The molecule has 3 aliphatic rings. The number of aryl methyl sites for hydroxylation is 1. The second-order valence-corrected chi connectivity index (χ2v) is 14.2. The van der Waals surface area contributed by atoms with E-state index in [-0.39, 0.29) is 30.2 Å². The Hall–Kier alpha value is -4.95. The Kier molecular flexibility index (Phi) is 8.75. The lowest BCUT2D eigenvalue weighted by Gasteiger charge is -2.28. The third-order valence-corrected chi connectivity index (χ3v) is 10.5. The Morgan fingerprint density at radius 2 is 1.90 bits per heavy atom. The molecule has 0 radical (unpaired) electrons. The van der Waals surface area contributed by atoms with Crippen molar-refractivity contribution >= 4 is 45.9 Å². The highest BCUT2D eigenvalue weighted by atomic mass is 32.1. The molecule has 14 heteroatoms. The number of hydrogen-bond donors (Lipinski definition) is 2. The average Bonchev–Trinajstić information content (AvgIpc) is 3.90. The van der Waals surface area contributed by atoms with Crippen LogP contribution in [0.25, 0.3) is 16.3 Å². The van der Waals surface area contributed by atoms with Crippen LogP contribution in [-0.2, 0) is 16.6 Å². The third kappa shape index (κ3) is 6.57. The van der Waals surface area contributed by atoms with E-state index in [1.165, 1.54) is 0 Å². The van der Waals surface area contributed by atoms with Crippen molar-refractivity contribution in [2.45, 2.75) is 39.2 Å². The SMILES string of the molecule is CC(C)Oc1ccc(C(=N)c2nc(N3CC[C@]4(CCN(CC(=O)N5CC=C(c6ncc(-c7ncn(C)n7)s6)CC5)C4)C3=O)ccc2N)cc1. The number of likely N-dealkylation sites (tertiary alicyclic amines) is 1. The van der Waals surface area contributed by atoms with Crippen LogP contribution in [0.3, 0.4) is 0 Å². The van der Waals surface area contributed by atoms with Crippen LogP contribution in [0, 0.1) is 10.8 Å². The number of carbonyl (C=O) groups excluding carboxylic acids is 2. The molecule has 3 aliphatic heterocycles. The molecule has 3 N–H and O–H groups in total. The average molecular weight is 681 g/mol. The van der Waals surface area contributed by atoms with Crippen molar-refractivity contribution in [2.75, 3.05) is 49.9 Å². The second-order valence-electron chi connectivity index (χ2n) is 13.2. The number of aromatic nitrogens is 5. The third-order valence-electron chi connectivity index (χ3n) is 9.41. The van der Waals surface area contributed by atoms with Crippen LogP contribution < -0.4 is 15.4 Å². The normalized spacial score (nSPS) is 19.7. The quantitative estimate of drug-likeness (QED) is 0.250. The van der Waals surface area contributed by atoms with Crippen LogP contribution in [0.5, 0.6) is 5.75 Å². The molecule has 254 valence electrons. The van der Waals surface area contributed by atoms with Crippen LogP contribution in [0.15, 0.2) is 55.0 Å². The molecule has 2 fully saturated rings. The fourth-order valence-electron chi connectivity index (χ4n) is 6.79. The van der Waals surface area contributed by atoms with Gasteiger partial charge in [0.25, 0.3) is 0 Å². The fraction of sp³-hybridized carbons (Fsp3) is 0.400. The number of rotatable bonds is 9. The molecule has 0 aliphatic carbocycles. The van der Waals surface area contributed by atoms with E-state index in [4.69, 9.17) is 20.9 Å². The van der Waals surface area contributed by atoms with E-state index in [0.717, 1.165) is 27.6 Å². The Morgan fingerprint density at radius 1 is 1.10 bits per heavy atom. The number of pyridine rings is 1. The Bertz CT molecular complexity index is 1930. The maximum absolute atomic E-state index is 13.9. The number of carbonyl (C=O) groups is 2. The van der Waals surface area contributed by atoms with Gasteiger partial charge in [-0.25, -0.2) is 15.0 Å². The van der Waals surface area contributed by atoms with Gasteiger partial charge in [-0.3, -0.25) is 29.5 Å². The summed E-state index contributed by atoms with van der Waals surface area (Å²) < 4.78 is 7.40. The lowest BCUT2D eigenvalue weighted by molar-refractivity contribution is -0.132. The lowest BCUT2D eigenvalue weighted by atomic mass is 9.85. The summed E-state index contributed by atoms with van der Waals surface area (Å²) >= 11 is 1.56. The predicted octanol–water partition coefficient (Wildman–Crippen LogP) is 3.86. The number of hydrogen-bond acceptors (Lipinski definition) is 11. The molecule has 2 saturated heterocycles. The maximum Gasteiger partial charge on any atom is 0.237 e. The molecular formula is C35H40N10O3S. The molecule has 6 heterocycles. The van der Waals surface area contributed by atoms with Crippen molar-refractivity contribution < 1.29 is 14.3 Å². The van der Waals surface area contributed by atoms with Gasteiger partial charge in [-0.15, -0.1) is 11.3 Å². The van der Waals surface area contributed by atoms with Crippen molar-refractivity contribution in [1.82, 2.24) is 34.5 Å². The van der Waals surface area contributed by atoms with Gasteiger partial charge in [0.1, 0.15) is 28.6 Å². The van der Waals surface area contributed by atoms with E-state index < -0.39 is 5.41 Å². The standard InChI is InChI=1S/C35H40N10O3S/c1-22(2)48-25-6-4-23(5-7-25)30(37)31-26(36)8-9-28(40-31)45-17-13-35(34(45)47)12-16-43(20-35)19-29(46)44-14-10-24(11-15-44)33-38-18-27(49-33)32-39-21-42(3)41-32/h4-10,18,21-22,37H,11-17,19-20,36H2,1-3H3/t35-/m0/s1. The number of nitrogens with two attached hydrogens (primary N) is 1. The lowest BCUT2D eigenvalue weighted by Crippen LogP contribution is -2.43. The van der Waals surface area contributed by atoms with Crippen LogP contribution >= 0.6 is 11.3 Å². The smallest absolute Gasteiger partial charge is 0.237 e. The molecule has 0 saturated carbocycles. The van der Waals surface area contributed by atoms with Crippen LogP contribution in [0.4, 0.5) is 11.5 Å². The van der Waals surface area contributed by atoms with E-state index in [1.807, 2.05) is 50.1 Å². The monoisotopic (exact) mass is 680 g/mol. The first-order valence-electron chi connectivity index (χ1n) is 16.5. The molecule has 1 aromatic carbocycles. The van der Waals surface area contributed by atoms with Gasteiger partial charge < -0.3 is 15.4 Å². The van der Waals surface area contributed by atoms with Gasteiger partial charge in [-0.2, -0.15) is 5.10 Å². The zero-order chi connectivity index (χ0) is 34.3. The van der Waals surface area contributed by atoms with Gasteiger partial charge in [0.2, 0.25) is 11.8 Å². The van der Waals surface area contributed by atoms with Gasteiger partial charge >= 0.3 is 0 Å². The molecule has 0 bridgehead atoms. The Morgan fingerprint density at radius 3 is 2.61 bits per heavy atom. The number of thiazole rings is 1. The number of ether oxygens (including phenoxy) is 1. The van der Waals surface area contributed by atoms with Crippen molar-refractivity contribution in [3.05, 3.63) is 71.3 Å². The zero-order valence-electron chi connectivity index (χ0n) is 27.9. The fourth-order valence-corrected chi connectivity index (χ4v) is 7.71. The largest absolute Gasteiger partial charge is 0.491 e. The minimum Gasteiger partial charge on any atom is -0.491 e. The number of nitrogen functional groups attached to an aromatic ring is 1. The number of nitrogens with zero attached hydrogens (tertiary/aromatic N) is 8. The van der Waals surface area contributed by atoms with Gasteiger partial charge in [-0.05, 0) is 81.6 Å². The first-order chi connectivity index (χ1) is 23.6. The van der Waals surface area contributed by atoms with E-state index in [2.05, 4.69) is 26.0 Å².